The quantitative estimate of drug-likeness (QED) is 0.149. The summed E-state index contributed by atoms with van der Waals surface area (Å²) in [6.07, 6.45) is 11.7. The molecule has 0 amide bonds. The largest absolute Gasteiger partial charge is 0.466 e. The van der Waals surface area contributed by atoms with E-state index in [4.69, 9.17) is 14.2 Å². The highest BCUT2D eigenvalue weighted by Crippen LogP contribution is 2.41. The van der Waals surface area contributed by atoms with Crippen molar-refractivity contribution < 1.29 is 33.7 Å². The molecule has 190 valence electrons. The summed E-state index contributed by atoms with van der Waals surface area (Å²) in [7, 11) is 0. The van der Waals surface area contributed by atoms with E-state index in [2.05, 4.69) is 6.92 Å². The number of aliphatic hydroxyl groups is 1. The lowest BCUT2D eigenvalue weighted by molar-refractivity contribution is -0.149. The number of hydrogen-bond donors (Lipinski definition) is 1. The molecule has 0 aromatic rings. The van der Waals surface area contributed by atoms with E-state index in [1.165, 1.54) is 13.8 Å². The molecule has 0 aromatic carbocycles. The summed E-state index contributed by atoms with van der Waals surface area (Å²) >= 11 is 0. The second-order valence-corrected chi connectivity index (χ2v) is 8.98. The minimum Gasteiger partial charge on any atom is -0.466 e. The Balaban J connectivity index is 2.75. The maximum atomic E-state index is 11.7. The fraction of sp³-hybridized carbons (Fsp3) is 0.808. The number of carbonyl (C=O) groups is 3. The molecule has 5 atom stereocenters. The van der Waals surface area contributed by atoms with Gasteiger partial charge < -0.3 is 19.3 Å². The maximum Gasteiger partial charge on any atom is 0.305 e. The molecule has 33 heavy (non-hydrogen) atoms. The lowest BCUT2D eigenvalue weighted by Crippen LogP contribution is -2.25. The van der Waals surface area contributed by atoms with Crippen LogP contribution in [0.1, 0.15) is 98.3 Å². The molecular formula is C26H44O7. The van der Waals surface area contributed by atoms with Gasteiger partial charge >= 0.3 is 17.9 Å². The van der Waals surface area contributed by atoms with Crippen LogP contribution in [-0.4, -0.2) is 47.9 Å². The Bertz CT molecular complexity index is 616. The van der Waals surface area contributed by atoms with E-state index in [1.54, 1.807) is 13.0 Å². The number of esters is 3. The fourth-order valence-electron chi connectivity index (χ4n) is 4.61. The Morgan fingerprint density at radius 3 is 2.24 bits per heavy atom. The molecule has 0 bridgehead atoms. The molecule has 1 aliphatic rings. The van der Waals surface area contributed by atoms with Gasteiger partial charge in [0.25, 0.3) is 0 Å². The normalized spacial score (nSPS) is 23.4. The van der Waals surface area contributed by atoms with Gasteiger partial charge in [0.2, 0.25) is 0 Å². The summed E-state index contributed by atoms with van der Waals surface area (Å²) in [5.41, 5.74) is 0. The molecule has 1 saturated carbocycles. The van der Waals surface area contributed by atoms with Crippen molar-refractivity contribution in [1.82, 2.24) is 0 Å². The third-order valence-corrected chi connectivity index (χ3v) is 6.13. The van der Waals surface area contributed by atoms with Crippen molar-refractivity contribution in [2.45, 2.75) is 117 Å². The highest BCUT2D eigenvalue weighted by molar-refractivity contribution is 5.69. The third kappa shape index (κ3) is 12.2. The molecule has 0 heterocycles. The molecule has 1 fully saturated rings. The highest BCUT2D eigenvalue weighted by atomic mass is 16.6. The molecule has 5 unspecified atom stereocenters. The Labute approximate surface area is 199 Å². The van der Waals surface area contributed by atoms with Gasteiger partial charge in [0.15, 0.2) is 0 Å². The summed E-state index contributed by atoms with van der Waals surface area (Å²) in [5, 5.41) is 10.3. The Hall–Kier alpha value is -1.89. The molecular weight excluding hydrogens is 424 g/mol. The van der Waals surface area contributed by atoms with Crippen molar-refractivity contribution in [2.75, 3.05) is 6.61 Å². The molecule has 0 spiro atoms. The van der Waals surface area contributed by atoms with Crippen molar-refractivity contribution in [3.63, 3.8) is 0 Å². The third-order valence-electron chi connectivity index (χ3n) is 6.13. The topological polar surface area (TPSA) is 99.1 Å². The van der Waals surface area contributed by atoms with E-state index < -0.39 is 6.10 Å². The van der Waals surface area contributed by atoms with Crippen LogP contribution in [-0.2, 0) is 28.6 Å². The lowest BCUT2D eigenvalue weighted by Gasteiger charge is -2.24. The Morgan fingerprint density at radius 1 is 0.939 bits per heavy atom. The van der Waals surface area contributed by atoms with Crippen molar-refractivity contribution in [2.24, 2.45) is 11.8 Å². The first-order valence-corrected chi connectivity index (χ1v) is 12.6. The Kier molecular flexibility index (Phi) is 14.7. The average Bonchev–Trinajstić information content (AvgIpc) is 3.03. The second-order valence-electron chi connectivity index (χ2n) is 8.98. The molecule has 1 rings (SSSR count). The first kappa shape index (κ1) is 29.1. The number of ether oxygens (including phenoxy) is 3. The summed E-state index contributed by atoms with van der Waals surface area (Å²) in [6.45, 7) is 7.12. The number of carbonyl (C=O) groups excluding carboxylic acids is 3. The van der Waals surface area contributed by atoms with Gasteiger partial charge in [-0.25, -0.2) is 0 Å². The van der Waals surface area contributed by atoms with Crippen LogP contribution in [0.2, 0.25) is 0 Å². The smallest absolute Gasteiger partial charge is 0.305 e. The molecule has 0 radical (unpaired) electrons. The predicted octanol–water partition coefficient (Wildman–Crippen LogP) is 4.89. The predicted molar refractivity (Wildman–Crippen MR) is 126 cm³/mol. The van der Waals surface area contributed by atoms with E-state index >= 15 is 0 Å². The average molecular weight is 469 g/mol. The van der Waals surface area contributed by atoms with Crippen LogP contribution in [0.15, 0.2) is 12.2 Å². The Morgan fingerprint density at radius 2 is 1.61 bits per heavy atom. The van der Waals surface area contributed by atoms with E-state index in [0.717, 1.165) is 51.4 Å². The van der Waals surface area contributed by atoms with Crippen LogP contribution in [0.5, 0.6) is 0 Å². The van der Waals surface area contributed by atoms with Gasteiger partial charge in [0.05, 0.1) is 12.7 Å². The molecule has 0 aromatic heterocycles. The minimum absolute atomic E-state index is 0.0161. The van der Waals surface area contributed by atoms with Gasteiger partial charge in [0, 0.05) is 38.5 Å². The molecule has 0 saturated heterocycles. The zero-order valence-corrected chi connectivity index (χ0v) is 20.9. The van der Waals surface area contributed by atoms with Crippen molar-refractivity contribution in [3.8, 4) is 0 Å². The summed E-state index contributed by atoms with van der Waals surface area (Å²) in [6, 6.07) is 0. The van der Waals surface area contributed by atoms with Gasteiger partial charge in [-0.05, 0) is 26.2 Å². The van der Waals surface area contributed by atoms with E-state index in [1.807, 2.05) is 6.08 Å². The van der Waals surface area contributed by atoms with Crippen LogP contribution < -0.4 is 0 Å². The summed E-state index contributed by atoms with van der Waals surface area (Å²) in [5.74, 6) is -0.954. The molecule has 7 nitrogen and oxygen atoms in total. The second kappa shape index (κ2) is 16.7. The van der Waals surface area contributed by atoms with Crippen molar-refractivity contribution >= 4 is 17.9 Å². The summed E-state index contributed by atoms with van der Waals surface area (Å²) in [4.78, 5) is 34.8. The standard InChI is InChI=1S/C26H44O7/c1-5-7-10-13-21(29)16-17-23-22(14-11-8-9-12-15-26(30)31-6-2)24(32-19(3)27)18-25(23)33-20(4)28/h16-17,21-25,29H,5-15,18H2,1-4H3. The van der Waals surface area contributed by atoms with Crippen LogP contribution >= 0.6 is 0 Å². The number of hydrogen-bond acceptors (Lipinski definition) is 7. The van der Waals surface area contributed by atoms with Crippen LogP contribution in [0, 0.1) is 11.8 Å². The number of rotatable bonds is 16. The van der Waals surface area contributed by atoms with Gasteiger partial charge in [-0.2, -0.15) is 0 Å². The summed E-state index contributed by atoms with van der Waals surface area (Å²) < 4.78 is 16.1. The first-order chi connectivity index (χ1) is 15.8. The number of unbranched alkanes of at least 4 members (excludes halogenated alkanes) is 5. The van der Waals surface area contributed by atoms with Gasteiger partial charge in [-0.3, -0.25) is 14.4 Å². The van der Waals surface area contributed by atoms with Gasteiger partial charge in [0.1, 0.15) is 12.2 Å². The molecule has 1 N–H and O–H groups in total. The van der Waals surface area contributed by atoms with Crippen molar-refractivity contribution in [3.05, 3.63) is 12.2 Å². The molecule has 0 aliphatic heterocycles. The zero-order chi connectivity index (χ0) is 24.6. The monoisotopic (exact) mass is 468 g/mol. The van der Waals surface area contributed by atoms with Crippen LogP contribution in [0.4, 0.5) is 0 Å². The molecule has 1 aliphatic carbocycles. The van der Waals surface area contributed by atoms with E-state index in [-0.39, 0.29) is 42.0 Å². The number of aliphatic hydroxyl groups excluding tert-OH is 1. The van der Waals surface area contributed by atoms with E-state index in [0.29, 0.717) is 25.9 Å². The SMILES string of the molecule is CCCCCC(O)C=CC1C(OC(C)=O)CC(OC(C)=O)C1CCCCCCC(=O)OCC. The zero-order valence-electron chi connectivity index (χ0n) is 20.9. The molecule has 7 heteroatoms. The first-order valence-electron chi connectivity index (χ1n) is 12.6. The van der Waals surface area contributed by atoms with Gasteiger partial charge in [-0.1, -0.05) is 57.6 Å². The minimum atomic E-state index is -0.536. The van der Waals surface area contributed by atoms with Crippen LogP contribution in [0.3, 0.4) is 0 Å². The van der Waals surface area contributed by atoms with Crippen LogP contribution in [0.25, 0.3) is 0 Å². The lowest BCUT2D eigenvalue weighted by atomic mass is 9.87. The van der Waals surface area contributed by atoms with E-state index in [9.17, 15) is 19.5 Å². The van der Waals surface area contributed by atoms with Gasteiger partial charge in [-0.15, -0.1) is 0 Å². The highest BCUT2D eigenvalue weighted by Gasteiger charge is 2.45. The van der Waals surface area contributed by atoms with Crippen molar-refractivity contribution in [1.29, 1.82) is 0 Å². The maximum absolute atomic E-state index is 11.7. The fourth-order valence-corrected chi connectivity index (χ4v) is 4.61.